The Hall–Kier alpha value is -2.28. The van der Waals surface area contributed by atoms with Crippen molar-refractivity contribution < 1.29 is 14.6 Å². The van der Waals surface area contributed by atoms with Crippen LogP contribution in [-0.2, 0) is 11.3 Å². The summed E-state index contributed by atoms with van der Waals surface area (Å²) in [6.45, 7) is 1.16. The normalized spacial score (nSPS) is 10.5. The molecule has 0 bridgehead atoms. The second kappa shape index (κ2) is 5.37. The lowest BCUT2D eigenvalue weighted by Gasteiger charge is -1.97. The van der Waals surface area contributed by atoms with Crippen molar-refractivity contribution in [3.05, 3.63) is 30.1 Å². The third kappa shape index (κ3) is 2.69. The number of hydrogen-bond donors (Lipinski definition) is 1. The van der Waals surface area contributed by atoms with Crippen molar-refractivity contribution in [3.8, 4) is 11.4 Å². The molecule has 0 aliphatic rings. The van der Waals surface area contributed by atoms with Gasteiger partial charge in [-0.15, -0.1) is 5.10 Å². The van der Waals surface area contributed by atoms with Crippen molar-refractivity contribution in [2.45, 2.75) is 6.54 Å². The third-order valence-electron chi connectivity index (χ3n) is 2.34. The molecule has 0 saturated carbocycles. The van der Waals surface area contributed by atoms with Gasteiger partial charge in [0.2, 0.25) is 0 Å². The van der Waals surface area contributed by atoms with Crippen LogP contribution in [0.25, 0.3) is 11.4 Å². The second-order valence-corrected chi connectivity index (χ2v) is 3.60. The van der Waals surface area contributed by atoms with Crippen LogP contribution in [0.1, 0.15) is 10.4 Å². The maximum Gasteiger partial charge on any atom is 0.337 e. The second-order valence-electron chi connectivity index (χ2n) is 3.60. The van der Waals surface area contributed by atoms with Crippen LogP contribution in [-0.4, -0.2) is 44.8 Å². The Morgan fingerprint density at radius 1 is 1.44 bits per heavy atom. The van der Waals surface area contributed by atoms with E-state index in [1.54, 1.807) is 24.1 Å². The van der Waals surface area contributed by atoms with Crippen molar-refractivity contribution in [3.63, 3.8) is 0 Å². The van der Waals surface area contributed by atoms with Gasteiger partial charge in [0.05, 0.1) is 30.6 Å². The third-order valence-corrected chi connectivity index (χ3v) is 2.34. The summed E-state index contributed by atoms with van der Waals surface area (Å²) in [5.41, 5.74) is 1.33. The number of carbonyl (C=O) groups is 1. The van der Waals surface area contributed by atoms with Gasteiger partial charge in [0, 0.05) is 13.3 Å². The highest BCUT2D eigenvalue weighted by atomic mass is 16.5. The lowest BCUT2D eigenvalue weighted by atomic mass is 10.2. The summed E-state index contributed by atoms with van der Waals surface area (Å²) in [6.07, 6.45) is 3.04. The summed E-state index contributed by atoms with van der Waals surface area (Å²) in [6, 6.07) is 3.09. The Bertz CT molecular complexity index is 535. The van der Waals surface area contributed by atoms with Crippen LogP contribution in [0.3, 0.4) is 0 Å². The fraction of sp³-hybridized carbons (Fsp3) is 0.273. The summed E-state index contributed by atoms with van der Waals surface area (Å²) in [5.74, 6) is -1.00. The summed E-state index contributed by atoms with van der Waals surface area (Å²) in [5, 5.41) is 16.6. The van der Waals surface area contributed by atoms with E-state index in [-0.39, 0.29) is 5.56 Å². The van der Waals surface area contributed by atoms with Gasteiger partial charge in [-0.3, -0.25) is 4.98 Å². The van der Waals surface area contributed by atoms with Gasteiger partial charge >= 0.3 is 5.97 Å². The fourth-order valence-electron chi connectivity index (χ4n) is 1.38. The molecule has 1 N–H and O–H groups in total. The lowest BCUT2D eigenvalue weighted by molar-refractivity contribution is 0.0696. The number of nitrogens with zero attached hydrogens (tertiary/aromatic N) is 4. The number of pyridine rings is 1. The molecule has 0 unspecified atom stereocenters. The van der Waals surface area contributed by atoms with Gasteiger partial charge in [0.1, 0.15) is 5.69 Å². The number of aromatic nitrogens is 4. The van der Waals surface area contributed by atoms with Gasteiger partial charge in [-0.2, -0.15) is 0 Å². The highest BCUT2D eigenvalue weighted by Gasteiger charge is 2.07. The van der Waals surface area contributed by atoms with Crippen LogP contribution < -0.4 is 0 Å². The Morgan fingerprint density at radius 2 is 2.28 bits per heavy atom. The minimum Gasteiger partial charge on any atom is -0.478 e. The molecule has 0 saturated heterocycles. The van der Waals surface area contributed by atoms with Gasteiger partial charge in [0.25, 0.3) is 0 Å². The average molecular weight is 248 g/mol. The zero-order valence-electron chi connectivity index (χ0n) is 9.78. The van der Waals surface area contributed by atoms with Crippen LogP contribution in [0, 0.1) is 0 Å². The van der Waals surface area contributed by atoms with E-state index in [9.17, 15) is 4.79 Å². The zero-order chi connectivity index (χ0) is 13.0. The lowest BCUT2D eigenvalue weighted by Crippen LogP contribution is -2.04. The van der Waals surface area contributed by atoms with Crippen LogP contribution in [0.4, 0.5) is 0 Å². The van der Waals surface area contributed by atoms with E-state index in [4.69, 9.17) is 9.84 Å². The first-order chi connectivity index (χ1) is 8.70. The molecule has 0 aliphatic heterocycles. The molecule has 0 fully saturated rings. The van der Waals surface area contributed by atoms with E-state index >= 15 is 0 Å². The molecule has 2 rings (SSSR count). The van der Waals surface area contributed by atoms with Crippen molar-refractivity contribution in [2.24, 2.45) is 0 Å². The molecule has 0 atom stereocenters. The molecular formula is C11H12N4O3. The molecule has 0 spiro atoms. The van der Waals surface area contributed by atoms with Crippen molar-refractivity contribution >= 4 is 5.97 Å². The van der Waals surface area contributed by atoms with Crippen molar-refractivity contribution in [1.82, 2.24) is 20.0 Å². The first kappa shape index (κ1) is 12.2. The predicted molar refractivity (Wildman–Crippen MR) is 62.1 cm³/mol. The summed E-state index contributed by atoms with van der Waals surface area (Å²) >= 11 is 0. The zero-order valence-corrected chi connectivity index (χ0v) is 9.78. The molecule has 0 aliphatic carbocycles. The first-order valence-corrected chi connectivity index (χ1v) is 5.29. The number of aromatic carboxylic acids is 1. The van der Waals surface area contributed by atoms with Gasteiger partial charge in [0.15, 0.2) is 0 Å². The van der Waals surface area contributed by atoms with E-state index < -0.39 is 5.97 Å². The first-order valence-electron chi connectivity index (χ1n) is 5.29. The Morgan fingerprint density at radius 3 is 2.89 bits per heavy atom. The molecular weight excluding hydrogens is 236 g/mol. The van der Waals surface area contributed by atoms with Crippen LogP contribution in [0.5, 0.6) is 0 Å². The number of methoxy groups -OCH3 is 1. The van der Waals surface area contributed by atoms with Crippen molar-refractivity contribution in [2.75, 3.05) is 13.7 Å². The Labute approximate surface area is 103 Å². The smallest absolute Gasteiger partial charge is 0.337 e. The summed E-state index contributed by atoms with van der Waals surface area (Å²) in [7, 11) is 1.62. The number of ether oxygens (including phenoxy) is 1. The van der Waals surface area contributed by atoms with Crippen LogP contribution >= 0.6 is 0 Å². The van der Waals surface area contributed by atoms with Crippen molar-refractivity contribution in [1.29, 1.82) is 0 Å². The van der Waals surface area contributed by atoms with Gasteiger partial charge < -0.3 is 9.84 Å². The average Bonchev–Trinajstić information content (AvgIpc) is 2.85. The number of carboxylic acid groups (broad SMARTS) is 1. The van der Waals surface area contributed by atoms with E-state index in [0.29, 0.717) is 24.5 Å². The molecule has 0 amide bonds. The summed E-state index contributed by atoms with van der Waals surface area (Å²) in [4.78, 5) is 14.7. The molecule has 18 heavy (non-hydrogen) atoms. The van der Waals surface area contributed by atoms with Crippen LogP contribution in [0.2, 0.25) is 0 Å². The fourth-order valence-corrected chi connectivity index (χ4v) is 1.38. The standard InChI is InChI=1S/C11H12N4O3/c1-18-5-4-15-7-10(13-14-15)9-3-2-8(6-12-9)11(16)17/h2-3,6-7H,4-5H2,1H3,(H,16,17). The maximum absolute atomic E-state index is 10.7. The van der Waals surface area contributed by atoms with Gasteiger partial charge in [-0.05, 0) is 12.1 Å². The monoisotopic (exact) mass is 248 g/mol. The molecule has 2 aromatic rings. The topological polar surface area (TPSA) is 90.1 Å². The maximum atomic E-state index is 10.7. The van der Waals surface area contributed by atoms with Crippen LogP contribution in [0.15, 0.2) is 24.5 Å². The summed E-state index contributed by atoms with van der Waals surface area (Å²) < 4.78 is 6.58. The predicted octanol–water partition coefficient (Wildman–Crippen LogP) is 0.685. The van der Waals surface area contributed by atoms with Gasteiger partial charge in [-0.1, -0.05) is 5.21 Å². The molecule has 7 heteroatoms. The highest BCUT2D eigenvalue weighted by molar-refractivity contribution is 5.87. The quantitative estimate of drug-likeness (QED) is 0.837. The highest BCUT2D eigenvalue weighted by Crippen LogP contribution is 2.13. The number of hydrogen-bond acceptors (Lipinski definition) is 5. The van der Waals surface area contributed by atoms with E-state index in [1.807, 2.05) is 0 Å². The number of carboxylic acids is 1. The molecule has 2 aromatic heterocycles. The van der Waals surface area contributed by atoms with Gasteiger partial charge in [-0.25, -0.2) is 9.48 Å². The Balaban J connectivity index is 2.15. The molecule has 2 heterocycles. The Kier molecular flexibility index (Phi) is 3.63. The largest absolute Gasteiger partial charge is 0.478 e. The number of rotatable bonds is 5. The minimum absolute atomic E-state index is 0.144. The van der Waals surface area contributed by atoms with E-state index in [2.05, 4.69) is 15.3 Å². The van der Waals surface area contributed by atoms with E-state index in [1.165, 1.54) is 12.3 Å². The SMILES string of the molecule is COCCn1cc(-c2ccc(C(=O)O)cn2)nn1. The molecule has 7 nitrogen and oxygen atoms in total. The van der Waals surface area contributed by atoms with E-state index in [0.717, 1.165) is 0 Å². The minimum atomic E-state index is -1.00. The molecule has 94 valence electrons. The molecule has 0 aromatic carbocycles. The molecule has 0 radical (unpaired) electrons.